The first kappa shape index (κ1) is 15.5. The van der Waals surface area contributed by atoms with E-state index in [1.54, 1.807) is 36.2 Å². The molecule has 2 aromatic rings. The third-order valence-corrected chi connectivity index (χ3v) is 3.34. The van der Waals surface area contributed by atoms with Gasteiger partial charge in [0.15, 0.2) is 5.69 Å². The number of nitrogens with zero attached hydrogens (tertiary/aromatic N) is 4. The molecule has 0 saturated carbocycles. The van der Waals surface area contributed by atoms with Gasteiger partial charge in [-0.2, -0.15) is 0 Å². The predicted molar refractivity (Wildman–Crippen MR) is 83.3 cm³/mol. The normalized spacial score (nSPS) is 11.1. The SMILES string of the molecule is Cc1c(C(=O)/C=C/N(C)C)nnn1-c1cc(Cl)ccc1Cl. The van der Waals surface area contributed by atoms with Crippen LogP contribution in [0.3, 0.4) is 0 Å². The maximum atomic E-state index is 12.1. The van der Waals surface area contributed by atoms with Crippen LogP contribution in [0.15, 0.2) is 30.5 Å². The van der Waals surface area contributed by atoms with E-state index in [-0.39, 0.29) is 11.5 Å². The third-order valence-electron chi connectivity index (χ3n) is 2.79. The Bertz CT molecular complexity index is 707. The molecule has 0 bridgehead atoms. The molecule has 0 atom stereocenters. The molecular formula is C14H14Cl2N4O. The Kier molecular flexibility index (Phi) is 4.65. The molecule has 0 amide bonds. The van der Waals surface area contributed by atoms with E-state index in [4.69, 9.17) is 23.2 Å². The summed E-state index contributed by atoms with van der Waals surface area (Å²) in [5, 5.41) is 8.94. The number of rotatable bonds is 4. The van der Waals surface area contributed by atoms with Gasteiger partial charge in [0.1, 0.15) is 0 Å². The molecule has 5 nitrogen and oxygen atoms in total. The molecule has 2 rings (SSSR count). The molecule has 21 heavy (non-hydrogen) atoms. The molecule has 0 spiro atoms. The second-order valence-corrected chi connectivity index (χ2v) is 5.52. The maximum absolute atomic E-state index is 12.1. The van der Waals surface area contributed by atoms with Gasteiger partial charge in [0.25, 0.3) is 0 Å². The minimum atomic E-state index is -0.217. The zero-order chi connectivity index (χ0) is 15.6. The van der Waals surface area contributed by atoms with Crippen LogP contribution >= 0.6 is 23.2 Å². The average Bonchev–Trinajstić information content (AvgIpc) is 2.80. The molecule has 0 aliphatic heterocycles. The Hall–Kier alpha value is -1.85. The second kappa shape index (κ2) is 6.28. The summed E-state index contributed by atoms with van der Waals surface area (Å²) in [7, 11) is 3.67. The van der Waals surface area contributed by atoms with Crippen molar-refractivity contribution in [3.8, 4) is 5.69 Å². The van der Waals surface area contributed by atoms with Crippen LogP contribution in [0.1, 0.15) is 16.2 Å². The summed E-state index contributed by atoms with van der Waals surface area (Å²) in [6.07, 6.45) is 3.11. The van der Waals surface area contributed by atoms with Gasteiger partial charge in [-0.25, -0.2) is 4.68 Å². The van der Waals surface area contributed by atoms with Crippen molar-refractivity contribution >= 4 is 29.0 Å². The molecule has 0 unspecified atom stereocenters. The zero-order valence-corrected chi connectivity index (χ0v) is 13.4. The number of benzene rings is 1. The van der Waals surface area contributed by atoms with Crippen molar-refractivity contribution in [1.82, 2.24) is 19.9 Å². The molecule has 7 heteroatoms. The van der Waals surface area contributed by atoms with Gasteiger partial charge >= 0.3 is 0 Å². The number of hydrogen-bond donors (Lipinski definition) is 0. The lowest BCUT2D eigenvalue weighted by molar-refractivity contribution is 0.104. The van der Waals surface area contributed by atoms with Gasteiger partial charge in [0, 0.05) is 31.4 Å². The topological polar surface area (TPSA) is 51.0 Å². The number of aromatic nitrogens is 3. The number of carbonyl (C=O) groups is 1. The number of ketones is 1. The summed E-state index contributed by atoms with van der Waals surface area (Å²) in [6.45, 7) is 1.76. The molecular weight excluding hydrogens is 311 g/mol. The number of allylic oxidation sites excluding steroid dienone is 1. The minimum Gasteiger partial charge on any atom is -0.383 e. The maximum Gasteiger partial charge on any atom is 0.209 e. The van der Waals surface area contributed by atoms with E-state index in [0.29, 0.717) is 21.4 Å². The Morgan fingerprint density at radius 1 is 1.33 bits per heavy atom. The van der Waals surface area contributed by atoms with E-state index in [1.165, 1.54) is 10.8 Å². The van der Waals surface area contributed by atoms with Crippen molar-refractivity contribution in [2.75, 3.05) is 14.1 Å². The fourth-order valence-electron chi connectivity index (χ4n) is 1.73. The highest BCUT2D eigenvalue weighted by atomic mass is 35.5. The van der Waals surface area contributed by atoms with Crippen LogP contribution in [0.4, 0.5) is 0 Å². The van der Waals surface area contributed by atoms with Crippen LogP contribution in [-0.2, 0) is 0 Å². The van der Waals surface area contributed by atoms with Crippen molar-refractivity contribution in [2.24, 2.45) is 0 Å². The highest BCUT2D eigenvalue weighted by molar-refractivity contribution is 6.34. The lowest BCUT2D eigenvalue weighted by atomic mass is 10.2. The Balaban J connectivity index is 2.41. The molecule has 0 N–H and O–H groups in total. The summed E-state index contributed by atoms with van der Waals surface area (Å²) in [4.78, 5) is 13.8. The standard InChI is InChI=1S/C14H14Cl2N4O/c1-9-14(13(21)6-7-19(2)3)17-18-20(9)12-8-10(15)4-5-11(12)16/h4-8H,1-3H3/b7-6+. The highest BCUT2D eigenvalue weighted by Gasteiger charge is 2.17. The summed E-state index contributed by atoms with van der Waals surface area (Å²) in [6, 6.07) is 5.04. The molecule has 1 heterocycles. The fourth-order valence-corrected chi connectivity index (χ4v) is 2.09. The Morgan fingerprint density at radius 2 is 2.05 bits per heavy atom. The van der Waals surface area contributed by atoms with E-state index in [0.717, 1.165) is 0 Å². The van der Waals surface area contributed by atoms with E-state index in [1.807, 2.05) is 14.1 Å². The van der Waals surface area contributed by atoms with E-state index in [2.05, 4.69) is 10.3 Å². The lowest BCUT2D eigenvalue weighted by Gasteiger charge is -2.06. The first-order chi connectivity index (χ1) is 9.90. The van der Waals surface area contributed by atoms with Gasteiger partial charge in [-0.15, -0.1) is 5.10 Å². The van der Waals surface area contributed by atoms with Crippen LogP contribution in [-0.4, -0.2) is 39.8 Å². The summed E-state index contributed by atoms with van der Waals surface area (Å²) in [5.74, 6) is -0.217. The van der Waals surface area contributed by atoms with Crippen molar-refractivity contribution in [1.29, 1.82) is 0 Å². The second-order valence-electron chi connectivity index (χ2n) is 4.67. The molecule has 0 saturated heterocycles. The molecule has 1 aromatic heterocycles. The summed E-state index contributed by atoms with van der Waals surface area (Å²) >= 11 is 12.1. The molecule has 0 radical (unpaired) electrons. The van der Waals surface area contributed by atoms with Crippen molar-refractivity contribution in [2.45, 2.75) is 6.92 Å². The first-order valence-corrected chi connectivity index (χ1v) is 6.92. The Labute approximate surface area is 132 Å². The van der Waals surface area contributed by atoms with Gasteiger partial charge in [-0.3, -0.25) is 4.79 Å². The highest BCUT2D eigenvalue weighted by Crippen LogP contribution is 2.25. The lowest BCUT2D eigenvalue weighted by Crippen LogP contribution is -2.05. The number of hydrogen-bond acceptors (Lipinski definition) is 4. The minimum absolute atomic E-state index is 0.217. The molecule has 0 aliphatic rings. The van der Waals surface area contributed by atoms with Gasteiger partial charge < -0.3 is 4.90 Å². The molecule has 0 fully saturated rings. The summed E-state index contributed by atoms with van der Waals surface area (Å²) < 4.78 is 1.50. The fraction of sp³-hybridized carbons (Fsp3) is 0.214. The van der Waals surface area contributed by atoms with Crippen molar-refractivity contribution in [3.63, 3.8) is 0 Å². The van der Waals surface area contributed by atoms with Gasteiger partial charge in [0.2, 0.25) is 5.78 Å². The quantitative estimate of drug-likeness (QED) is 0.640. The van der Waals surface area contributed by atoms with E-state index >= 15 is 0 Å². The zero-order valence-electron chi connectivity index (χ0n) is 11.8. The van der Waals surface area contributed by atoms with Crippen LogP contribution < -0.4 is 0 Å². The van der Waals surface area contributed by atoms with Gasteiger partial charge in [-0.1, -0.05) is 28.4 Å². The van der Waals surface area contributed by atoms with Crippen LogP contribution in [0.25, 0.3) is 5.69 Å². The number of halogens is 2. The van der Waals surface area contributed by atoms with Crippen molar-refractivity contribution in [3.05, 3.63) is 51.9 Å². The van der Waals surface area contributed by atoms with E-state index in [9.17, 15) is 4.79 Å². The Morgan fingerprint density at radius 3 is 2.71 bits per heavy atom. The molecule has 110 valence electrons. The third kappa shape index (κ3) is 3.43. The van der Waals surface area contributed by atoms with Crippen LogP contribution in [0, 0.1) is 6.92 Å². The largest absolute Gasteiger partial charge is 0.383 e. The molecule has 0 aliphatic carbocycles. The average molecular weight is 325 g/mol. The smallest absolute Gasteiger partial charge is 0.209 e. The van der Waals surface area contributed by atoms with E-state index < -0.39 is 0 Å². The monoisotopic (exact) mass is 324 g/mol. The van der Waals surface area contributed by atoms with Crippen molar-refractivity contribution < 1.29 is 4.79 Å². The number of carbonyl (C=O) groups excluding carboxylic acids is 1. The molecule has 1 aromatic carbocycles. The first-order valence-electron chi connectivity index (χ1n) is 6.17. The van der Waals surface area contributed by atoms with Crippen LogP contribution in [0.5, 0.6) is 0 Å². The summed E-state index contributed by atoms with van der Waals surface area (Å²) in [5.41, 5.74) is 1.47. The van der Waals surface area contributed by atoms with Crippen LogP contribution in [0.2, 0.25) is 10.0 Å². The predicted octanol–water partition coefficient (Wildman–Crippen LogP) is 3.14. The van der Waals surface area contributed by atoms with Gasteiger partial charge in [0.05, 0.1) is 16.4 Å². The van der Waals surface area contributed by atoms with Gasteiger partial charge in [-0.05, 0) is 25.1 Å².